The van der Waals surface area contributed by atoms with E-state index in [1.165, 1.54) is 24.8 Å². The van der Waals surface area contributed by atoms with Crippen LogP contribution in [0.4, 0.5) is 0 Å². The molecule has 0 spiro atoms. The molecule has 4 nitrogen and oxygen atoms in total. The van der Waals surface area contributed by atoms with Crippen molar-refractivity contribution in [1.29, 1.82) is 0 Å². The molecule has 0 unspecified atom stereocenters. The Kier molecular flexibility index (Phi) is 6.64. The molecule has 0 fully saturated rings. The number of nitrogens with one attached hydrogen (secondary N) is 1. The minimum Gasteiger partial charge on any atom is -0.352 e. The molecule has 1 N–H and O–H groups in total. The zero-order valence-corrected chi connectivity index (χ0v) is 16.4. The van der Waals surface area contributed by atoms with Crippen LogP contribution in [-0.4, -0.2) is 22.0 Å². The van der Waals surface area contributed by atoms with Crippen molar-refractivity contribution in [2.45, 2.75) is 52.5 Å². The second kappa shape index (κ2) is 9.36. The molecule has 27 heavy (non-hydrogen) atoms. The van der Waals surface area contributed by atoms with E-state index in [1.54, 1.807) is 0 Å². The predicted molar refractivity (Wildman–Crippen MR) is 111 cm³/mol. The van der Waals surface area contributed by atoms with Crippen LogP contribution in [0.15, 0.2) is 48.5 Å². The number of rotatable bonds is 9. The van der Waals surface area contributed by atoms with E-state index in [0.717, 1.165) is 36.3 Å². The Hall–Kier alpha value is -2.62. The van der Waals surface area contributed by atoms with Crippen LogP contribution in [0.25, 0.3) is 11.0 Å². The highest BCUT2D eigenvalue weighted by atomic mass is 16.1. The summed E-state index contributed by atoms with van der Waals surface area (Å²) in [6.45, 7) is 5.80. The average Bonchev–Trinajstić information content (AvgIpc) is 3.02. The number of aromatic nitrogens is 2. The minimum atomic E-state index is -0.0238. The van der Waals surface area contributed by atoms with E-state index < -0.39 is 0 Å². The zero-order chi connectivity index (χ0) is 19.1. The first-order valence-corrected chi connectivity index (χ1v) is 9.98. The first-order valence-electron chi connectivity index (χ1n) is 9.98. The zero-order valence-electron chi connectivity index (χ0n) is 16.4. The molecular formula is C23H29N3O. The van der Waals surface area contributed by atoms with E-state index in [1.807, 2.05) is 37.3 Å². The summed E-state index contributed by atoms with van der Waals surface area (Å²) in [6.07, 6.45) is 5.65. The molecule has 1 heterocycles. The molecule has 3 rings (SSSR count). The summed E-state index contributed by atoms with van der Waals surface area (Å²) >= 11 is 0. The fourth-order valence-corrected chi connectivity index (χ4v) is 3.44. The Morgan fingerprint density at radius 1 is 1.07 bits per heavy atom. The SMILES string of the molecule is CCCCCCn1c(CCNC(=O)c2cccc(C)c2)nc2ccccc21. The predicted octanol–water partition coefficient (Wildman–Crippen LogP) is 4.90. The van der Waals surface area contributed by atoms with Crippen molar-refractivity contribution < 1.29 is 4.79 Å². The normalized spacial score (nSPS) is 11.0. The Morgan fingerprint density at radius 2 is 1.93 bits per heavy atom. The van der Waals surface area contributed by atoms with E-state index >= 15 is 0 Å². The molecule has 1 amide bonds. The second-order valence-corrected chi connectivity index (χ2v) is 7.10. The van der Waals surface area contributed by atoms with Crippen molar-refractivity contribution in [3.63, 3.8) is 0 Å². The van der Waals surface area contributed by atoms with Gasteiger partial charge in [0, 0.05) is 25.1 Å². The monoisotopic (exact) mass is 363 g/mol. The number of imidazole rings is 1. The van der Waals surface area contributed by atoms with Crippen LogP contribution in [0.5, 0.6) is 0 Å². The molecule has 1 aromatic heterocycles. The lowest BCUT2D eigenvalue weighted by Gasteiger charge is -2.10. The van der Waals surface area contributed by atoms with Gasteiger partial charge in [-0.25, -0.2) is 4.98 Å². The van der Waals surface area contributed by atoms with Crippen molar-refractivity contribution >= 4 is 16.9 Å². The highest BCUT2D eigenvalue weighted by Crippen LogP contribution is 2.18. The summed E-state index contributed by atoms with van der Waals surface area (Å²) in [5.41, 5.74) is 4.03. The van der Waals surface area contributed by atoms with Crippen molar-refractivity contribution in [3.05, 3.63) is 65.5 Å². The highest BCUT2D eigenvalue weighted by molar-refractivity contribution is 5.94. The summed E-state index contributed by atoms with van der Waals surface area (Å²) in [5, 5.41) is 3.03. The standard InChI is InChI=1S/C23H29N3O/c1-3-4-5-8-16-26-21-13-7-6-12-20(21)25-22(26)14-15-24-23(27)19-11-9-10-18(2)17-19/h6-7,9-13,17H,3-5,8,14-16H2,1-2H3,(H,24,27). The van der Waals surface area contributed by atoms with Crippen LogP contribution >= 0.6 is 0 Å². The summed E-state index contributed by atoms with van der Waals surface area (Å²) in [7, 11) is 0. The van der Waals surface area contributed by atoms with Crippen LogP contribution < -0.4 is 5.32 Å². The van der Waals surface area contributed by atoms with Gasteiger partial charge >= 0.3 is 0 Å². The first kappa shape index (κ1) is 19.2. The quantitative estimate of drug-likeness (QED) is 0.550. The molecular weight excluding hydrogens is 334 g/mol. The highest BCUT2D eigenvalue weighted by Gasteiger charge is 2.11. The van der Waals surface area contributed by atoms with Gasteiger partial charge in [0.05, 0.1) is 11.0 Å². The van der Waals surface area contributed by atoms with Gasteiger partial charge < -0.3 is 9.88 Å². The second-order valence-electron chi connectivity index (χ2n) is 7.10. The van der Waals surface area contributed by atoms with Gasteiger partial charge in [-0.15, -0.1) is 0 Å². The van der Waals surface area contributed by atoms with Gasteiger partial charge in [0.1, 0.15) is 5.82 Å². The lowest BCUT2D eigenvalue weighted by molar-refractivity contribution is 0.0954. The Bertz CT molecular complexity index is 898. The molecule has 4 heteroatoms. The number of hydrogen-bond donors (Lipinski definition) is 1. The van der Waals surface area contributed by atoms with E-state index in [2.05, 4.69) is 35.0 Å². The van der Waals surface area contributed by atoms with Gasteiger partial charge in [-0.05, 0) is 37.6 Å². The van der Waals surface area contributed by atoms with Crippen molar-refractivity contribution in [2.24, 2.45) is 0 Å². The lowest BCUT2D eigenvalue weighted by Crippen LogP contribution is -2.26. The minimum absolute atomic E-state index is 0.0238. The molecule has 0 saturated heterocycles. The summed E-state index contributed by atoms with van der Waals surface area (Å²) in [5.74, 6) is 1.03. The number of nitrogens with zero attached hydrogens (tertiary/aromatic N) is 2. The number of fused-ring (bicyclic) bond motifs is 1. The number of amides is 1. The van der Waals surface area contributed by atoms with Crippen molar-refractivity contribution in [1.82, 2.24) is 14.9 Å². The van der Waals surface area contributed by atoms with Crippen LogP contribution in [0.2, 0.25) is 0 Å². The van der Waals surface area contributed by atoms with Crippen LogP contribution in [0.1, 0.15) is 54.4 Å². The molecule has 0 radical (unpaired) electrons. The number of carbonyl (C=O) groups excluding carboxylic acids is 1. The number of carbonyl (C=O) groups is 1. The molecule has 0 aliphatic carbocycles. The van der Waals surface area contributed by atoms with Crippen LogP contribution in [0.3, 0.4) is 0 Å². The fraction of sp³-hybridized carbons (Fsp3) is 0.391. The van der Waals surface area contributed by atoms with Gasteiger partial charge in [0.15, 0.2) is 0 Å². The lowest BCUT2D eigenvalue weighted by atomic mass is 10.1. The van der Waals surface area contributed by atoms with Crippen LogP contribution in [0, 0.1) is 6.92 Å². The number of benzene rings is 2. The molecule has 0 saturated carbocycles. The average molecular weight is 364 g/mol. The topological polar surface area (TPSA) is 46.9 Å². The van der Waals surface area contributed by atoms with E-state index in [0.29, 0.717) is 12.1 Å². The smallest absolute Gasteiger partial charge is 0.251 e. The number of para-hydroxylation sites is 2. The van der Waals surface area contributed by atoms with Gasteiger partial charge in [-0.3, -0.25) is 4.79 Å². The summed E-state index contributed by atoms with van der Waals surface area (Å²) in [6, 6.07) is 16.0. The van der Waals surface area contributed by atoms with Crippen molar-refractivity contribution in [2.75, 3.05) is 6.54 Å². The number of aryl methyl sites for hydroxylation is 2. The summed E-state index contributed by atoms with van der Waals surface area (Å²) in [4.78, 5) is 17.2. The van der Waals surface area contributed by atoms with Crippen LogP contribution in [-0.2, 0) is 13.0 Å². The molecule has 0 aliphatic rings. The summed E-state index contributed by atoms with van der Waals surface area (Å²) < 4.78 is 2.32. The first-order chi connectivity index (χ1) is 13.2. The van der Waals surface area contributed by atoms with E-state index in [9.17, 15) is 4.79 Å². The van der Waals surface area contributed by atoms with Gasteiger partial charge in [0.25, 0.3) is 5.91 Å². The molecule has 0 atom stereocenters. The molecule has 0 bridgehead atoms. The molecule has 142 valence electrons. The maximum Gasteiger partial charge on any atom is 0.251 e. The third kappa shape index (κ3) is 4.97. The molecule has 3 aromatic rings. The third-order valence-corrected chi connectivity index (χ3v) is 4.88. The molecule has 0 aliphatic heterocycles. The Balaban J connectivity index is 1.65. The van der Waals surface area contributed by atoms with E-state index in [-0.39, 0.29) is 5.91 Å². The van der Waals surface area contributed by atoms with E-state index in [4.69, 9.17) is 4.98 Å². The number of unbranched alkanes of at least 4 members (excludes halogenated alkanes) is 3. The Labute approximate surface area is 161 Å². The van der Waals surface area contributed by atoms with Crippen molar-refractivity contribution in [3.8, 4) is 0 Å². The maximum atomic E-state index is 12.3. The number of hydrogen-bond acceptors (Lipinski definition) is 2. The largest absolute Gasteiger partial charge is 0.352 e. The van der Waals surface area contributed by atoms with Gasteiger partial charge in [-0.2, -0.15) is 0 Å². The van der Waals surface area contributed by atoms with Gasteiger partial charge in [0.2, 0.25) is 0 Å². The fourth-order valence-electron chi connectivity index (χ4n) is 3.44. The Morgan fingerprint density at radius 3 is 2.74 bits per heavy atom. The maximum absolute atomic E-state index is 12.3. The third-order valence-electron chi connectivity index (χ3n) is 4.88. The van der Waals surface area contributed by atoms with Gasteiger partial charge in [-0.1, -0.05) is 56.0 Å². The molecule has 2 aromatic carbocycles.